The zero-order valence-electron chi connectivity index (χ0n) is 11.3. The van der Waals surface area contributed by atoms with Gasteiger partial charge in [0.2, 0.25) is 5.78 Å². The van der Waals surface area contributed by atoms with Crippen LogP contribution in [-0.4, -0.2) is 19.6 Å². The van der Waals surface area contributed by atoms with Crippen molar-refractivity contribution in [2.75, 3.05) is 0 Å². The van der Waals surface area contributed by atoms with E-state index in [1.165, 1.54) is 5.56 Å². The standard InChI is InChI=1S/C14H13BrN4OS/c1-2-11-7-12(20)16-13-17-18-14(19(11)13)21-8-9-3-5-10(15)6-4-9/h3-7H,2,8H2,1H3,(H,16,17,20). The van der Waals surface area contributed by atoms with E-state index in [0.29, 0.717) is 5.78 Å². The maximum Gasteiger partial charge on any atom is 0.252 e. The highest BCUT2D eigenvalue weighted by Gasteiger charge is 2.11. The van der Waals surface area contributed by atoms with E-state index in [-0.39, 0.29) is 5.56 Å². The van der Waals surface area contributed by atoms with Crippen LogP contribution >= 0.6 is 27.7 Å². The summed E-state index contributed by atoms with van der Waals surface area (Å²) in [7, 11) is 0. The second kappa shape index (κ2) is 6.03. The van der Waals surface area contributed by atoms with Crippen molar-refractivity contribution in [3.8, 4) is 0 Å². The first-order valence-electron chi connectivity index (χ1n) is 6.52. The molecule has 0 atom stereocenters. The zero-order chi connectivity index (χ0) is 14.8. The van der Waals surface area contributed by atoms with Gasteiger partial charge >= 0.3 is 0 Å². The van der Waals surface area contributed by atoms with Gasteiger partial charge in [0.1, 0.15) is 0 Å². The van der Waals surface area contributed by atoms with Crippen molar-refractivity contribution in [1.29, 1.82) is 0 Å². The third-order valence-electron chi connectivity index (χ3n) is 3.10. The quantitative estimate of drug-likeness (QED) is 0.722. The van der Waals surface area contributed by atoms with Crippen LogP contribution in [0.2, 0.25) is 0 Å². The maximum atomic E-state index is 11.5. The number of hydrogen-bond acceptors (Lipinski definition) is 4. The third kappa shape index (κ3) is 3.03. The Bertz CT molecular complexity index is 825. The molecule has 0 saturated heterocycles. The average molecular weight is 365 g/mol. The number of nitrogens with one attached hydrogen (secondary N) is 1. The van der Waals surface area contributed by atoms with E-state index in [9.17, 15) is 4.79 Å². The number of H-pyrrole nitrogens is 1. The molecular weight excluding hydrogens is 352 g/mol. The van der Waals surface area contributed by atoms with Crippen LogP contribution in [0.15, 0.2) is 44.8 Å². The first-order valence-corrected chi connectivity index (χ1v) is 8.30. The fraction of sp³-hybridized carbons (Fsp3) is 0.214. The maximum absolute atomic E-state index is 11.5. The number of thioether (sulfide) groups is 1. The van der Waals surface area contributed by atoms with Crippen LogP contribution in [0.5, 0.6) is 0 Å². The summed E-state index contributed by atoms with van der Waals surface area (Å²) < 4.78 is 2.97. The lowest BCUT2D eigenvalue weighted by molar-refractivity contribution is 0.850. The average Bonchev–Trinajstić information content (AvgIpc) is 2.88. The predicted octanol–water partition coefficient (Wildman–Crippen LogP) is 3.03. The van der Waals surface area contributed by atoms with Gasteiger partial charge in [0, 0.05) is 22.0 Å². The molecule has 1 N–H and O–H groups in total. The second-order valence-electron chi connectivity index (χ2n) is 4.54. The highest BCUT2D eigenvalue weighted by molar-refractivity contribution is 9.10. The van der Waals surface area contributed by atoms with Crippen LogP contribution in [0.4, 0.5) is 0 Å². The molecule has 0 aliphatic carbocycles. The summed E-state index contributed by atoms with van der Waals surface area (Å²) in [6.45, 7) is 2.01. The number of aryl methyl sites for hydroxylation is 1. The van der Waals surface area contributed by atoms with Crippen LogP contribution < -0.4 is 5.56 Å². The number of aromatic nitrogens is 4. The molecule has 21 heavy (non-hydrogen) atoms. The molecule has 0 aliphatic heterocycles. The Kier molecular flexibility index (Phi) is 4.12. The van der Waals surface area contributed by atoms with E-state index in [1.54, 1.807) is 17.8 Å². The fourth-order valence-corrected chi connectivity index (χ4v) is 3.24. The molecule has 0 radical (unpaired) electrons. The van der Waals surface area contributed by atoms with E-state index < -0.39 is 0 Å². The lowest BCUT2D eigenvalue weighted by atomic mass is 10.2. The predicted molar refractivity (Wildman–Crippen MR) is 86.7 cm³/mol. The summed E-state index contributed by atoms with van der Waals surface area (Å²) in [5.74, 6) is 1.30. The van der Waals surface area contributed by atoms with Crippen molar-refractivity contribution in [2.24, 2.45) is 0 Å². The van der Waals surface area contributed by atoms with Crippen LogP contribution in [0.25, 0.3) is 5.78 Å². The first-order chi connectivity index (χ1) is 10.2. The van der Waals surface area contributed by atoms with Crippen molar-refractivity contribution in [3.05, 3.63) is 56.4 Å². The van der Waals surface area contributed by atoms with E-state index in [4.69, 9.17) is 0 Å². The molecule has 0 bridgehead atoms. The number of hydrogen-bond donors (Lipinski definition) is 1. The molecule has 1 aromatic carbocycles. The highest BCUT2D eigenvalue weighted by atomic mass is 79.9. The van der Waals surface area contributed by atoms with Crippen molar-refractivity contribution in [3.63, 3.8) is 0 Å². The first kappa shape index (κ1) is 14.3. The van der Waals surface area contributed by atoms with Gasteiger partial charge in [-0.15, -0.1) is 10.2 Å². The minimum absolute atomic E-state index is 0.142. The molecule has 3 aromatic rings. The molecule has 2 heterocycles. The lowest BCUT2D eigenvalue weighted by Gasteiger charge is -2.05. The van der Waals surface area contributed by atoms with E-state index >= 15 is 0 Å². The molecule has 7 heteroatoms. The Morgan fingerprint density at radius 1 is 1.29 bits per heavy atom. The Labute approximate surface area is 133 Å². The molecule has 0 amide bonds. The van der Waals surface area contributed by atoms with Gasteiger partial charge in [0.25, 0.3) is 5.56 Å². The van der Waals surface area contributed by atoms with Gasteiger partial charge < -0.3 is 0 Å². The summed E-state index contributed by atoms with van der Waals surface area (Å²) in [4.78, 5) is 14.2. The zero-order valence-corrected chi connectivity index (χ0v) is 13.7. The van der Waals surface area contributed by atoms with Crippen molar-refractivity contribution in [1.82, 2.24) is 19.6 Å². The van der Waals surface area contributed by atoms with E-state index in [1.807, 2.05) is 23.5 Å². The molecule has 0 fully saturated rings. The Balaban J connectivity index is 1.90. The number of halogens is 1. The molecule has 0 spiro atoms. The molecule has 5 nitrogen and oxygen atoms in total. The Morgan fingerprint density at radius 3 is 2.76 bits per heavy atom. The molecule has 108 valence electrons. The van der Waals surface area contributed by atoms with Crippen molar-refractivity contribution >= 4 is 33.5 Å². The SMILES string of the molecule is CCc1cc(=O)[nH]c2nnc(SCc3ccc(Br)cc3)n12. The minimum Gasteiger partial charge on any atom is -0.291 e. The van der Waals surface area contributed by atoms with Gasteiger partial charge in [0.15, 0.2) is 5.16 Å². The van der Waals surface area contributed by atoms with Crippen LogP contribution in [0, 0.1) is 0 Å². The van der Waals surface area contributed by atoms with Gasteiger partial charge in [-0.2, -0.15) is 0 Å². The fourth-order valence-electron chi connectivity index (χ4n) is 2.05. The monoisotopic (exact) mass is 364 g/mol. The summed E-state index contributed by atoms with van der Waals surface area (Å²) in [5.41, 5.74) is 1.98. The second-order valence-corrected chi connectivity index (χ2v) is 6.39. The highest BCUT2D eigenvalue weighted by Crippen LogP contribution is 2.23. The normalized spacial score (nSPS) is 11.1. The molecule has 0 unspecified atom stereocenters. The minimum atomic E-state index is -0.142. The van der Waals surface area contributed by atoms with Crippen LogP contribution in [0.3, 0.4) is 0 Å². The molecular formula is C14H13BrN4OS. The smallest absolute Gasteiger partial charge is 0.252 e. The molecule has 0 aliphatic rings. The molecule has 0 saturated carbocycles. The van der Waals surface area contributed by atoms with Gasteiger partial charge in [-0.3, -0.25) is 14.2 Å². The van der Waals surface area contributed by atoms with E-state index in [2.05, 4.69) is 43.2 Å². The third-order valence-corrected chi connectivity index (χ3v) is 4.63. The van der Waals surface area contributed by atoms with Gasteiger partial charge in [-0.1, -0.05) is 46.7 Å². The largest absolute Gasteiger partial charge is 0.291 e. The summed E-state index contributed by atoms with van der Waals surface area (Å²) in [6, 6.07) is 9.78. The number of nitrogens with zero attached hydrogens (tertiary/aromatic N) is 3. The van der Waals surface area contributed by atoms with Crippen molar-refractivity contribution < 1.29 is 0 Å². The number of benzene rings is 1. The molecule has 2 aromatic heterocycles. The number of rotatable bonds is 4. The van der Waals surface area contributed by atoms with Gasteiger partial charge in [-0.25, -0.2) is 0 Å². The van der Waals surface area contributed by atoms with Gasteiger partial charge in [0.05, 0.1) is 0 Å². The van der Waals surface area contributed by atoms with Crippen molar-refractivity contribution in [2.45, 2.75) is 24.3 Å². The number of aromatic amines is 1. The molecule has 3 rings (SSSR count). The Hall–Kier alpha value is -1.60. The van der Waals surface area contributed by atoms with Gasteiger partial charge in [-0.05, 0) is 24.1 Å². The van der Waals surface area contributed by atoms with Crippen LogP contribution in [0.1, 0.15) is 18.2 Å². The lowest BCUT2D eigenvalue weighted by Crippen LogP contribution is -2.11. The van der Waals surface area contributed by atoms with Crippen LogP contribution in [-0.2, 0) is 12.2 Å². The summed E-state index contributed by atoms with van der Waals surface area (Å²) >= 11 is 5.03. The van der Waals surface area contributed by atoms with E-state index in [0.717, 1.165) is 27.5 Å². The summed E-state index contributed by atoms with van der Waals surface area (Å²) in [6.07, 6.45) is 0.754. The Morgan fingerprint density at radius 2 is 2.05 bits per heavy atom. The summed E-state index contributed by atoms with van der Waals surface area (Å²) in [5, 5.41) is 9.01. The number of fused-ring (bicyclic) bond motifs is 1. The topological polar surface area (TPSA) is 63.0 Å².